The molecular weight excluding hydrogens is 271 g/mol. The Morgan fingerprint density at radius 1 is 1.24 bits per heavy atom. The third kappa shape index (κ3) is 6.92. The average molecular weight is 292 g/mol. The van der Waals surface area contributed by atoms with Crippen LogP contribution in [0.3, 0.4) is 0 Å². The molecule has 0 radical (unpaired) electrons. The van der Waals surface area contributed by atoms with E-state index in [4.69, 9.17) is 10.0 Å². The van der Waals surface area contributed by atoms with Crippen molar-refractivity contribution in [3.05, 3.63) is 35.9 Å². The quantitative estimate of drug-likeness (QED) is 0.492. The van der Waals surface area contributed by atoms with Crippen molar-refractivity contribution in [1.29, 1.82) is 0 Å². The van der Waals surface area contributed by atoms with Crippen LogP contribution in [0.25, 0.3) is 0 Å². The molecule has 0 saturated heterocycles. The van der Waals surface area contributed by atoms with Crippen molar-refractivity contribution < 1.29 is 19.6 Å². The van der Waals surface area contributed by atoms with Gasteiger partial charge in [0.1, 0.15) is 6.04 Å². The van der Waals surface area contributed by atoms with Gasteiger partial charge in [-0.05, 0) is 12.0 Å². The molecule has 0 bridgehead atoms. The summed E-state index contributed by atoms with van der Waals surface area (Å²) in [6.07, 6.45) is 1.12. The van der Waals surface area contributed by atoms with E-state index < -0.39 is 19.1 Å². The molecule has 6 nitrogen and oxygen atoms in total. The van der Waals surface area contributed by atoms with Gasteiger partial charge in [0.05, 0.1) is 6.44 Å². The molecule has 21 heavy (non-hydrogen) atoms. The van der Waals surface area contributed by atoms with Crippen molar-refractivity contribution in [3.8, 4) is 0 Å². The second kappa shape index (κ2) is 9.15. The molecule has 1 rings (SSSR count). The Morgan fingerprint density at radius 3 is 2.48 bits per heavy atom. The molecule has 0 aromatic heterocycles. The van der Waals surface area contributed by atoms with E-state index in [2.05, 4.69) is 10.6 Å². The Bertz CT molecular complexity index is 454. The highest BCUT2D eigenvalue weighted by Crippen LogP contribution is 2.04. The summed E-state index contributed by atoms with van der Waals surface area (Å²) in [4.78, 5) is 23.7. The van der Waals surface area contributed by atoms with Gasteiger partial charge in [0.25, 0.3) is 0 Å². The van der Waals surface area contributed by atoms with Gasteiger partial charge in [-0.2, -0.15) is 0 Å². The van der Waals surface area contributed by atoms with Crippen molar-refractivity contribution >= 4 is 18.9 Å². The van der Waals surface area contributed by atoms with Crippen LogP contribution in [0.1, 0.15) is 25.3 Å². The van der Waals surface area contributed by atoms with Gasteiger partial charge in [-0.15, -0.1) is 0 Å². The molecule has 2 amide bonds. The van der Waals surface area contributed by atoms with Crippen molar-refractivity contribution in [2.24, 2.45) is 0 Å². The lowest BCUT2D eigenvalue weighted by atomic mass is 9.92. The second-order valence-electron chi connectivity index (χ2n) is 4.79. The first-order valence-electron chi connectivity index (χ1n) is 7.00. The molecule has 0 fully saturated rings. The zero-order chi connectivity index (χ0) is 15.7. The van der Waals surface area contributed by atoms with Crippen molar-refractivity contribution in [3.63, 3.8) is 0 Å². The van der Waals surface area contributed by atoms with E-state index in [9.17, 15) is 9.59 Å². The van der Waals surface area contributed by atoms with Crippen LogP contribution in [0.4, 0.5) is 0 Å². The van der Waals surface area contributed by atoms with E-state index in [1.807, 2.05) is 37.3 Å². The number of carbonyl (C=O) groups is 2. The van der Waals surface area contributed by atoms with Crippen molar-refractivity contribution in [2.45, 2.75) is 32.2 Å². The summed E-state index contributed by atoms with van der Waals surface area (Å²) in [5, 5.41) is 22.7. The summed E-state index contributed by atoms with van der Waals surface area (Å²) in [6, 6.07) is 8.59. The van der Waals surface area contributed by atoms with Crippen LogP contribution in [0.2, 0.25) is 0 Å². The maximum absolute atomic E-state index is 12.0. The van der Waals surface area contributed by atoms with E-state index in [1.165, 1.54) is 0 Å². The summed E-state index contributed by atoms with van der Waals surface area (Å²) < 4.78 is 0. The highest BCUT2D eigenvalue weighted by atomic mass is 16.4. The Balaban J connectivity index is 2.69. The van der Waals surface area contributed by atoms with E-state index in [-0.39, 0.29) is 12.4 Å². The van der Waals surface area contributed by atoms with Gasteiger partial charge < -0.3 is 20.7 Å². The predicted octanol–water partition coefficient (Wildman–Crippen LogP) is -0.358. The highest BCUT2D eigenvalue weighted by molar-refractivity contribution is 6.41. The lowest BCUT2D eigenvalue weighted by molar-refractivity contribution is -0.128. The molecular formula is C14H21BN2O4. The predicted molar refractivity (Wildman–Crippen MR) is 80.2 cm³/mol. The summed E-state index contributed by atoms with van der Waals surface area (Å²) >= 11 is 0. The normalized spacial score (nSPS) is 11.6. The van der Waals surface area contributed by atoms with Crippen molar-refractivity contribution in [2.75, 3.05) is 6.44 Å². The van der Waals surface area contributed by atoms with Crippen LogP contribution in [-0.2, 0) is 16.0 Å². The summed E-state index contributed by atoms with van der Waals surface area (Å²) in [6.45, 7) is 1.88. The van der Waals surface area contributed by atoms with Crippen LogP contribution in [0.15, 0.2) is 30.3 Å². The molecule has 4 N–H and O–H groups in total. The van der Waals surface area contributed by atoms with E-state index in [0.717, 1.165) is 5.56 Å². The fraction of sp³-hybridized carbons (Fsp3) is 0.429. The van der Waals surface area contributed by atoms with Gasteiger partial charge in [0.2, 0.25) is 11.8 Å². The fourth-order valence-corrected chi connectivity index (χ4v) is 1.87. The fourth-order valence-electron chi connectivity index (χ4n) is 1.87. The van der Waals surface area contributed by atoms with Gasteiger partial charge in [0.15, 0.2) is 0 Å². The van der Waals surface area contributed by atoms with E-state index in [0.29, 0.717) is 19.3 Å². The second-order valence-corrected chi connectivity index (χ2v) is 4.79. The van der Waals surface area contributed by atoms with Gasteiger partial charge in [-0.25, -0.2) is 0 Å². The highest BCUT2D eigenvalue weighted by Gasteiger charge is 2.22. The number of rotatable bonds is 8. The number of nitrogens with one attached hydrogen (secondary N) is 2. The maximum Gasteiger partial charge on any atom is 0.472 e. The standard InChI is InChI=1S/C14H21BN2O4/c1-2-6-13(18)17-12(14(19)16-10-15(20)21)9-11-7-4-3-5-8-11/h3-5,7-8,12,20-21H,2,6,9-10H2,1H3,(H,16,19)(H,17,18). The lowest BCUT2D eigenvalue weighted by Crippen LogP contribution is -2.50. The number of benzene rings is 1. The van der Waals surface area contributed by atoms with Crippen LogP contribution >= 0.6 is 0 Å². The Hall–Kier alpha value is -1.86. The minimum absolute atomic E-state index is 0.196. The topological polar surface area (TPSA) is 98.7 Å². The molecule has 1 unspecified atom stereocenters. The third-order valence-corrected chi connectivity index (χ3v) is 2.87. The molecule has 0 saturated carbocycles. The summed E-state index contributed by atoms with van der Waals surface area (Å²) in [5.74, 6) is -0.630. The average Bonchev–Trinajstić information content (AvgIpc) is 2.45. The maximum atomic E-state index is 12.0. The van der Waals surface area contributed by atoms with Gasteiger partial charge >= 0.3 is 7.12 Å². The van der Waals surface area contributed by atoms with E-state index in [1.54, 1.807) is 0 Å². The molecule has 0 aliphatic heterocycles. The SMILES string of the molecule is CCCC(=O)NC(Cc1ccccc1)C(=O)NCB(O)O. The molecule has 1 atom stereocenters. The third-order valence-electron chi connectivity index (χ3n) is 2.87. The Kier molecular flexibility index (Phi) is 7.49. The number of hydrogen-bond acceptors (Lipinski definition) is 4. The first kappa shape index (κ1) is 17.2. The van der Waals surface area contributed by atoms with Crippen LogP contribution in [0, 0.1) is 0 Å². The molecule has 0 heterocycles. The van der Waals surface area contributed by atoms with Crippen LogP contribution in [-0.4, -0.2) is 41.5 Å². The van der Waals surface area contributed by atoms with Crippen molar-refractivity contribution in [1.82, 2.24) is 10.6 Å². The monoisotopic (exact) mass is 292 g/mol. The van der Waals surface area contributed by atoms with Gasteiger partial charge in [-0.1, -0.05) is 37.3 Å². The minimum Gasteiger partial charge on any atom is -0.426 e. The molecule has 1 aromatic rings. The first-order valence-corrected chi connectivity index (χ1v) is 7.00. The van der Waals surface area contributed by atoms with Gasteiger partial charge in [-0.3, -0.25) is 9.59 Å². The molecule has 0 aliphatic carbocycles. The molecule has 0 spiro atoms. The Labute approximate surface area is 124 Å². The number of amides is 2. The number of carbonyl (C=O) groups excluding carboxylic acids is 2. The molecule has 0 aliphatic rings. The molecule has 1 aromatic carbocycles. The zero-order valence-electron chi connectivity index (χ0n) is 12.1. The zero-order valence-corrected chi connectivity index (χ0v) is 12.1. The minimum atomic E-state index is -1.61. The van der Waals surface area contributed by atoms with Gasteiger partial charge in [0, 0.05) is 12.8 Å². The Morgan fingerprint density at radius 2 is 1.90 bits per heavy atom. The molecule has 7 heteroatoms. The van der Waals surface area contributed by atoms with E-state index >= 15 is 0 Å². The van der Waals surface area contributed by atoms with Crippen LogP contribution < -0.4 is 10.6 Å². The summed E-state index contributed by atoms with van der Waals surface area (Å²) in [7, 11) is -1.61. The summed E-state index contributed by atoms with van der Waals surface area (Å²) in [5.41, 5.74) is 0.916. The largest absolute Gasteiger partial charge is 0.472 e. The smallest absolute Gasteiger partial charge is 0.426 e. The lowest BCUT2D eigenvalue weighted by Gasteiger charge is -2.18. The van der Waals surface area contributed by atoms with Crippen LogP contribution in [0.5, 0.6) is 0 Å². The number of hydrogen-bond donors (Lipinski definition) is 4. The first-order chi connectivity index (χ1) is 10.0. The molecule has 114 valence electrons.